The second-order valence-corrected chi connectivity index (χ2v) is 17.9. The van der Waals surface area contributed by atoms with E-state index in [4.69, 9.17) is 9.97 Å². The van der Waals surface area contributed by atoms with Crippen LogP contribution < -0.4 is 0 Å². The summed E-state index contributed by atoms with van der Waals surface area (Å²) in [6, 6.07) is 72.7. The van der Waals surface area contributed by atoms with Crippen LogP contribution in [0.4, 0.5) is 0 Å². The standard InChI is InChI=1S/C58H33N5S/c1-3-15-34(16-4-1)35-28-30-49-43(31-35)45-33-44-39-20-8-12-24-47(39)62-48-25-13-9-21-41(48)52(54(44)62)55(45)63(49)57-53-42-22-10-14-26-51(42)64-58(53)60-56(59-57)36-27-29-40-38-19-7-11-23-46(38)61(50(40)32-36)37-17-5-2-6-18-37/h1-33H. The first kappa shape index (κ1) is 34.3. The van der Waals surface area contributed by atoms with Crippen molar-refractivity contribution in [1.82, 2.24) is 23.5 Å². The third-order valence-electron chi connectivity index (χ3n) is 13.6. The molecule has 6 heteroatoms. The van der Waals surface area contributed by atoms with Crippen LogP contribution >= 0.6 is 11.3 Å². The molecule has 0 N–H and O–H groups in total. The summed E-state index contributed by atoms with van der Waals surface area (Å²) in [7, 11) is 0. The molecule has 0 saturated carbocycles. The van der Waals surface area contributed by atoms with Crippen molar-refractivity contribution in [1.29, 1.82) is 0 Å². The maximum Gasteiger partial charge on any atom is 0.163 e. The summed E-state index contributed by atoms with van der Waals surface area (Å²) in [6.45, 7) is 0. The first-order valence-corrected chi connectivity index (χ1v) is 22.6. The van der Waals surface area contributed by atoms with Crippen molar-refractivity contribution in [2.24, 2.45) is 0 Å². The Bertz CT molecular complexity index is 4420. The molecule has 6 heterocycles. The molecule has 9 aromatic carbocycles. The highest BCUT2D eigenvalue weighted by molar-refractivity contribution is 7.25. The van der Waals surface area contributed by atoms with E-state index in [0.29, 0.717) is 5.82 Å². The van der Waals surface area contributed by atoms with Gasteiger partial charge >= 0.3 is 0 Å². The summed E-state index contributed by atoms with van der Waals surface area (Å²) in [4.78, 5) is 12.2. The van der Waals surface area contributed by atoms with Gasteiger partial charge in [0.15, 0.2) is 11.6 Å². The first-order valence-electron chi connectivity index (χ1n) is 21.7. The number of nitrogens with zero attached hydrogens (tertiary/aromatic N) is 5. The molecule has 0 bridgehead atoms. The van der Waals surface area contributed by atoms with Crippen molar-refractivity contribution >= 4 is 113 Å². The van der Waals surface area contributed by atoms with E-state index in [2.05, 4.69) is 214 Å². The Labute approximate surface area is 369 Å². The minimum Gasteiger partial charge on any atom is -0.309 e. The molecule has 0 aliphatic rings. The van der Waals surface area contributed by atoms with Gasteiger partial charge in [-0.1, -0.05) is 140 Å². The van der Waals surface area contributed by atoms with E-state index in [1.165, 1.54) is 81.0 Å². The number of para-hydroxylation sites is 4. The van der Waals surface area contributed by atoms with Gasteiger partial charge in [0.1, 0.15) is 4.83 Å². The van der Waals surface area contributed by atoms with Gasteiger partial charge in [0.2, 0.25) is 0 Å². The molecule has 0 aliphatic heterocycles. The van der Waals surface area contributed by atoms with Gasteiger partial charge in [-0.25, -0.2) is 9.97 Å². The van der Waals surface area contributed by atoms with Crippen LogP contribution in [-0.2, 0) is 0 Å². The highest BCUT2D eigenvalue weighted by atomic mass is 32.1. The zero-order valence-corrected chi connectivity index (χ0v) is 35.0. The van der Waals surface area contributed by atoms with Crippen LogP contribution in [0, 0.1) is 0 Å². The van der Waals surface area contributed by atoms with Crippen molar-refractivity contribution in [3.8, 4) is 34.0 Å². The number of fused-ring (bicyclic) bond motifs is 16. The number of thiophene rings is 1. The number of hydrogen-bond donors (Lipinski definition) is 0. The predicted octanol–water partition coefficient (Wildman–Crippen LogP) is 15.5. The molecule has 0 unspecified atom stereocenters. The average molecular weight is 832 g/mol. The van der Waals surface area contributed by atoms with Crippen molar-refractivity contribution < 1.29 is 0 Å². The van der Waals surface area contributed by atoms with E-state index in [9.17, 15) is 0 Å². The van der Waals surface area contributed by atoms with E-state index < -0.39 is 0 Å². The first-order chi connectivity index (χ1) is 31.8. The van der Waals surface area contributed by atoms with E-state index in [1.54, 1.807) is 11.3 Å². The van der Waals surface area contributed by atoms with Crippen LogP contribution in [-0.4, -0.2) is 23.5 Å². The van der Waals surface area contributed by atoms with Gasteiger partial charge in [0.05, 0.1) is 44.0 Å². The molecule has 6 aromatic heterocycles. The predicted molar refractivity (Wildman–Crippen MR) is 269 cm³/mol. The zero-order chi connectivity index (χ0) is 41.6. The van der Waals surface area contributed by atoms with Gasteiger partial charge < -0.3 is 8.97 Å². The fourth-order valence-electron chi connectivity index (χ4n) is 10.9. The largest absolute Gasteiger partial charge is 0.309 e. The van der Waals surface area contributed by atoms with Crippen molar-refractivity contribution in [3.63, 3.8) is 0 Å². The van der Waals surface area contributed by atoms with E-state index in [1.807, 2.05) is 0 Å². The highest BCUT2D eigenvalue weighted by Gasteiger charge is 2.27. The lowest BCUT2D eigenvalue weighted by molar-refractivity contribution is 1.08. The van der Waals surface area contributed by atoms with Gasteiger partial charge in [-0.15, -0.1) is 11.3 Å². The molecule has 296 valence electrons. The topological polar surface area (TPSA) is 40.0 Å². The second-order valence-electron chi connectivity index (χ2n) is 16.9. The Morgan fingerprint density at radius 3 is 1.77 bits per heavy atom. The van der Waals surface area contributed by atoms with Gasteiger partial charge in [-0.3, -0.25) is 4.57 Å². The van der Waals surface area contributed by atoms with Crippen LogP contribution in [0.2, 0.25) is 0 Å². The molecular formula is C58H33N5S. The Hall–Kier alpha value is -8.32. The molecule has 64 heavy (non-hydrogen) atoms. The molecule has 15 rings (SSSR count). The quantitative estimate of drug-likeness (QED) is 0.177. The minimum atomic E-state index is 0.698. The number of hydrogen-bond acceptors (Lipinski definition) is 3. The molecule has 0 spiro atoms. The van der Waals surface area contributed by atoms with Crippen molar-refractivity contribution in [2.75, 3.05) is 0 Å². The summed E-state index contributed by atoms with van der Waals surface area (Å²) >= 11 is 1.74. The van der Waals surface area contributed by atoms with Crippen molar-refractivity contribution in [3.05, 3.63) is 200 Å². The van der Waals surface area contributed by atoms with E-state index >= 15 is 0 Å². The Kier molecular flexibility index (Phi) is 6.77. The molecule has 0 atom stereocenters. The van der Waals surface area contributed by atoms with Crippen LogP contribution in [0.3, 0.4) is 0 Å². The lowest BCUT2D eigenvalue weighted by atomic mass is 10.0. The summed E-state index contributed by atoms with van der Waals surface area (Å²) < 4.78 is 8.52. The molecular weight excluding hydrogens is 799 g/mol. The summed E-state index contributed by atoms with van der Waals surface area (Å²) in [5.74, 6) is 1.58. The summed E-state index contributed by atoms with van der Waals surface area (Å²) in [6.07, 6.45) is 0. The molecule has 0 saturated heterocycles. The van der Waals surface area contributed by atoms with Crippen LogP contribution in [0.1, 0.15) is 0 Å². The third-order valence-corrected chi connectivity index (χ3v) is 14.6. The maximum atomic E-state index is 5.79. The van der Waals surface area contributed by atoms with E-state index in [0.717, 1.165) is 49.2 Å². The van der Waals surface area contributed by atoms with Crippen LogP contribution in [0.5, 0.6) is 0 Å². The zero-order valence-electron chi connectivity index (χ0n) is 34.2. The maximum absolute atomic E-state index is 5.79. The third kappa shape index (κ3) is 4.51. The fraction of sp³-hybridized carbons (Fsp3) is 0. The average Bonchev–Trinajstić information content (AvgIpc) is 4.16. The molecule has 0 fully saturated rings. The Balaban J connectivity index is 1.12. The SMILES string of the molecule is c1ccc(-c2ccc3c(c2)c2cc4c5ccccc5n5c6ccccc6c(c2n3-c2nc(-c3ccc6c7ccccc7n(-c7ccccc7)c6c3)nc3sc6ccccc6c23)c45)cc1. The Morgan fingerprint density at radius 1 is 0.344 bits per heavy atom. The van der Waals surface area contributed by atoms with Gasteiger partial charge in [0, 0.05) is 64.4 Å². The number of benzene rings is 9. The lowest BCUT2D eigenvalue weighted by Crippen LogP contribution is -2.02. The summed E-state index contributed by atoms with van der Waals surface area (Å²) in [5, 5.41) is 12.0. The van der Waals surface area contributed by atoms with Crippen LogP contribution in [0.15, 0.2) is 200 Å². The molecule has 5 nitrogen and oxygen atoms in total. The van der Waals surface area contributed by atoms with Crippen LogP contribution in [0.25, 0.3) is 136 Å². The second kappa shape index (κ2) is 12.6. The lowest BCUT2D eigenvalue weighted by Gasteiger charge is -2.13. The normalized spacial score (nSPS) is 12.4. The number of aromatic nitrogens is 5. The van der Waals surface area contributed by atoms with Gasteiger partial charge in [-0.05, 0) is 71.8 Å². The molecule has 15 aromatic rings. The highest BCUT2D eigenvalue weighted by Crippen LogP contribution is 2.48. The Morgan fingerprint density at radius 2 is 0.953 bits per heavy atom. The van der Waals surface area contributed by atoms with Crippen molar-refractivity contribution in [2.45, 2.75) is 0 Å². The van der Waals surface area contributed by atoms with Gasteiger partial charge in [-0.2, -0.15) is 0 Å². The summed E-state index contributed by atoms with van der Waals surface area (Å²) in [5.41, 5.74) is 12.7. The van der Waals surface area contributed by atoms with E-state index in [-0.39, 0.29) is 0 Å². The molecule has 0 aliphatic carbocycles. The fourth-order valence-corrected chi connectivity index (χ4v) is 12.0. The molecule has 0 amide bonds. The smallest absolute Gasteiger partial charge is 0.163 e. The van der Waals surface area contributed by atoms with Gasteiger partial charge in [0.25, 0.3) is 0 Å². The number of rotatable bonds is 4. The monoisotopic (exact) mass is 831 g/mol. The minimum absolute atomic E-state index is 0.698. The molecule has 0 radical (unpaired) electrons.